The van der Waals surface area contributed by atoms with Gasteiger partial charge in [-0.1, -0.05) is 78.3 Å². The van der Waals surface area contributed by atoms with Crippen LogP contribution in [0.15, 0.2) is 103 Å². The predicted molar refractivity (Wildman–Crippen MR) is 163 cm³/mol. The van der Waals surface area contributed by atoms with Crippen LogP contribution >= 0.6 is 11.6 Å². The highest BCUT2D eigenvalue weighted by atomic mass is 35.5. The van der Waals surface area contributed by atoms with E-state index < -0.39 is 23.4 Å². The molecule has 3 aliphatic rings. The summed E-state index contributed by atoms with van der Waals surface area (Å²) in [4.78, 5) is 46.2. The number of nitrogens with zero attached hydrogens (tertiary/aromatic N) is 1. The molecule has 7 rings (SSSR count). The lowest BCUT2D eigenvalue weighted by Crippen LogP contribution is -2.51. The van der Waals surface area contributed by atoms with E-state index in [1.165, 1.54) is 0 Å². The highest BCUT2D eigenvalue weighted by molar-refractivity contribution is 6.34. The summed E-state index contributed by atoms with van der Waals surface area (Å²) < 4.78 is 5.44. The van der Waals surface area contributed by atoms with Crippen molar-refractivity contribution in [1.82, 2.24) is 0 Å². The molecule has 3 heterocycles. The summed E-state index contributed by atoms with van der Waals surface area (Å²) in [6.07, 6.45) is 2.04. The van der Waals surface area contributed by atoms with Gasteiger partial charge in [-0.3, -0.25) is 14.4 Å². The van der Waals surface area contributed by atoms with E-state index >= 15 is 0 Å². The molecule has 1 amide bonds. The Balaban J connectivity index is 1.56. The van der Waals surface area contributed by atoms with Crippen molar-refractivity contribution in [2.45, 2.75) is 24.4 Å². The van der Waals surface area contributed by atoms with E-state index in [1.807, 2.05) is 66.4 Å². The number of carbonyl (C=O) groups excluding carboxylic acids is 3. The number of rotatable bonds is 5. The fraction of sp³-hybridized carbons (Fsp3) is 0.171. The van der Waals surface area contributed by atoms with Crippen molar-refractivity contribution in [2.75, 3.05) is 17.3 Å². The third-order valence-corrected chi connectivity index (χ3v) is 9.26. The van der Waals surface area contributed by atoms with Gasteiger partial charge in [-0.2, -0.15) is 0 Å². The van der Waals surface area contributed by atoms with Gasteiger partial charge in [0.15, 0.2) is 11.6 Å². The predicted octanol–water partition coefficient (Wildman–Crippen LogP) is 6.59. The van der Waals surface area contributed by atoms with Crippen LogP contribution in [0.4, 0.5) is 11.4 Å². The molecule has 42 heavy (non-hydrogen) atoms. The Morgan fingerprint density at radius 1 is 0.905 bits per heavy atom. The monoisotopic (exact) mass is 574 g/mol. The molecular formula is C35H27ClN2O4. The van der Waals surface area contributed by atoms with Gasteiger partial charge < -0.3 is 15.0 Å². The van der Waals surface area contributed by atoms with Gasteiger partial charge in [0, 0.05) is 28.1 Å². The molecule has 3 aliphatic heterocycles. The van der Waals surface area contributed by atoms with Gasteiger partial charge in [-0.15, -0.1) is 0 Å². The Labute approximate surface area is 248 Å². The van der Waals surface area contributed by atoms with Gasteiger partial charge in [0.2, 0.25) is 5.91 Å². The zero-order chi connectivity index (χ0) is 29.2. The maximum Gasteiger partial charge on any atom is 0.238 e. The second-order valence-corrected chi connectivity index (χ2v) is 11.4. The number of methoxy groups -OCH3 is 1. The molecule has 7 heteroatoms. The largest absolute Gasteiger partial charge is 0.497 e. The first-order valence-corrected chi connectivity index (χ1v) is 14.2. The van der Waals surface area contributed by atoms with Crippen molar-refractivity contribution in [3.05, 3.63) is 130 Å². The van der Waals surface area contributed by atoms with Gasteiger partial charge in [0.05, 0.1) is 24.1 Å². The smallest absolute Gasteiger partial charge is 0.238 e. The summed E-state index contributed by atoms with van der Waals surface area (Å²) in [6.45, 7) is 2.00. The number of benzene rings is 4. The van der Waals surface area contributed by atoms with Crippen LogP contribution in [-0.4, -0.2) is 36.7 Å². The minimum Gasteiger partial charge on any atom is -0.497 e. The van der Waals surface area contributed by atoms with Crippen LogP contribution < -0.4 is 15.0 Å². The molecule has 1 saturated heterocycles. The third kappa shape index (κ3) is 3.55. The highest BCUT2D eigenvalue weighted by Crippen LogP contribution is 2.59. The average molecular weight is 575 g/mol. The summed E-state index contributed by atoms with van der Waals surface area (Å²) in [5.74, 6) is -1.51. The van der Waals surface area contributed by atoms with E-state index in [2.05, 4.69) is 5.32 Å². The number of halogens is 1. The zero-order valence-electron chi connectivity index (χ0n) is 23.0. The Bertz CT molecular complexity index is 1830. The first-order valence-electron chi connectivity index (χ1n) is 13.8. The van der Waals surface area contributed by atoms with Gasteiger partial charge >= 0.3 is 0 Å². The maximum atomic E-state index is 14.9. The standard InChI is InChI=1S/C35H27ClN2O4/c1-20-18-29-35(25-14-5-7-16-27(25)37-34(35)41)30(33(40)24-13-3-6-15-26(24)36)31(38(29)28-17-8-4-12-23(20)28)32(39)21-10-9-11-22(19-21)42-2/h3-19,29-31H,1-2H3,(H,37,41)/t29-,30-,31+,35-/m1/s1. The van der Waals surface area contributed by atoms with Crippen molar-refractivity contribution >= 4 is 46.0 Å². The van der Waals surface area contributed by atoms with Crippen molar-refractivity contribution in [3.8, 4) is 5.75 Å². The molecule has 0 aromatic heterocycles. The SMILES string of the molecule is COc1cccc(C(=O)[C@@H]2[C@H](C(=O)c3ccccc3Cl)[C@]3(C(=O)Nc4ccccc43)[C@H]3C=C(C)c4ccccc4N23)c1. The molecule has 4 aromatic rings. The Kier molecular flexibility index (Phi) is 6.06. The second kappa shape index (κ2) is 9.71. The number of fused-ring (bicyclic) bond motifs is 6. The number of nitrogens with one attached hydrogen (secondary N) is 1. The topological polar surface area (TPSA) is 75.7 Å². The van der Waals surface area contributed by atoms with Crippen LogP contribution in [0.25, 0.3) is 5.57 Å². The Morgan fingerprint density at radius 3 is 2.45 bits per heavy atom. The molecule has 4 aromatic carbocycles. The molecule has 6 nitrogen and oxygen atoms in total. The van der Waals surface area contributed by atoms with Crippen molar-refractivity contribution in [2.24, 2.45) is 5.92 Å². The lowest BCUT2D eigenvalue weighted by molar-refractivity contribution is -0.121. The van der Waals surface area contributed by atoms with Crippen LogP contribution in [-0.2, 0) is 10.2 Å². The van der Waals surface area contributed by atoms with E-state index in [9.17, 15) is 14.4 Å². The molecular weight excluding hydrogens is 548 g/mol. The van der Waals surface area contributed by atoms with Gasteiger partial charge in [-0.25, -0.2) is 0 Å². The zero-order valence-corrected chi connectivity index (χ0v) is 23.8. The molecule has 0 radical (unpaired) electrons. The van der Waals surface area contributed by atoms with Gasteiger partial charge in [-0.05, 0) is 54.5 Å². The summed E-state index contributed by atoms with van der Waals surface area (Å²) in [5.41, 5.74) is 3.32. The van der Waals surface area contributed by atoms with E-state index in [1.54, 1.807) is 55.6 Å². The van der Waals surface area contributed by atoms with Crippen LogP contribution in [0.5, 0.6) is 5.75 Å². The first kappa shape index (κ1) is 26.2. The first-order chi connectivity index (χ1) is 20.4. The number of hydrogen-bond donors (Lipinski definition) is 1. The lowest BCUT2D eigenvalue weighted by atomic mass is 9.64. The normalized spacial score (nSPS) is 23.5. The Morgan fingerprint density at radius 2 is 1.64 bits per heavy atom. The molecule has 1 N–H and O–H groups in total. The minimum atomic E-state index is -1.40. The molecule has 0 unspecified atom stereocenters. The van der Waals surface area contributed by atoms with Crippen molar-refractivity contribution in [3.63, 3.8) is 0 Å². The van der Waals surface area contributed by atoms with Crippen molar-refractivity contribution < 1.29 is 19.1 Å². The van der Waals surface area contributed by atoms with E-state index in [0.717, 1.165) is 16.8 Å². The van der Waals surface area contributed by atoms with Gasteiger partial charge in [0.25, 0.3) is 0 Å². The summed E-state index contributed by atoms with van der Waals surface area (Å²) in [7, 11) is 1.54. The molecule has 0 aliphatic carbocycles. The molecule has 4 atom stereocenters. The number of carbonyl (C=O) groups is 3. The van der Waals surface area contributed by atoms with Crippen LogP contribution in [0.2, 0.25) is 5.02 Å². The minimum absolute atomic E-state index is 0.272. The van der Waals surface area contributed by atoms with E-state index in [-0.39, 0.29) is 28.1 Å². The highest BCUT2D eigenvalue weighted by Gasteiger charge is 2.70. The van der Waals surface area contributed by atoms with Crippen LogP contribution in [0.1, 0.15) is 38.8 Å². The van der Waals surface area contributed by atoms with E-state index in [0.29, 0.717) is 22.6 Å². The lowest BCUT2D eigenvalue weighted by Gasteiger charge is -2.39. The summed E-state index contributed by atoms with van der Waals surface area (Å²) in [6, 6.07) is 27.4. The molecule has 0 bridgehead atoms. The maximum absolute atomic E-state index is 14.9. The summed E-state index contributed by atoms with van der Waals surface area (Å²) >= 11 is 6.62. The third-order valence-electron chi connectivity index (χ3n) is 8.93. The number of hydrogen-bond acceptors (Lipinski definition) is 5. The number of Topliss-reactive ketones (excluding diaryl/α,β-unsaturated/α-hetero) is 2. The molecule has 0 saturated carbocycles. The quantitative estimate of drug-likeness (QED) is 0.272. The number of ether oxygens (including phenoxy) is 1. The fourth-order valence-electron chi connectivity index (χ4n) is 7.16. The molecule has 1 fully saturated rings. The molecule has 1 spiro atoms. The average Bonchev–Trinajstić information content (AvgIpc) is 3.49. The second-order valence-electron chi connectivity index (χ2n) is 11.0. The number of anilines is 2. The molecule has 208 valence electrons. The van der Waals surface area contributed by atoms with Crippen LogP contribution in [0.3, 0.4) is 0 Å². The Hall–Kier alpha value is -4.68. The van der Waals surface area contributed by atoms with Gasteiger partial charge in [0.1, 0.15) is 17.2 Å². The number of ketones is 2. The van der Waals surface area contributed by atoms with Crippen molar-refractivity contribution in [1.29, 1.82) is 0 Å². The van der Waals surface area contributed by atoms with E-state index in [4.69, 9.17) is 16.3 Å². The van der Waals surface area contributed by atoms with Crippen LogP contribution in [0, 0.1) is 5.92 Å². The fourth-order valence-corrected chi connectivity index (χ4v) is 7.39. The summed E-state index contributed by atoms with van der Waals surface area (Å²) in [5, 5.41) is 3.33. The number of amides is 1. The number of para-hydroxylation sites is 2. The number of allylic oxidation sites excluding steroid dienone is 1.